The molecule has 3 rings (SSSR count). The summed E-state index contributed by atoms with van der Waals surface area (Å²) >= 11 is 1.28. The highest BCUT2D eigenvalue weighted by Crippen LogP contribution is 2.24. The number of hydrogen-bond donors (Lipinski definition) is 1. The monoisotopic (exact) mass is 402 g/mol. The fraction of sp³-hybridized carbons (Fsp3) is 0.500. The van der Waals surface area contributed by atoms with Crippen LogP contribution < -0.4 is 11.3 Å². The van der Waals surface area contributed by atoms with Gasteiger partial charge in [0.25, 0.3) is 5.56 Å². The molecule has 2 aromatic rings. The van der Waals surface area contributed by atoms with E-state index >= 15 is 0 Å². The molecule has 0 unspecified atom stereocenters. The molecule has 1 aromatic carbocycles. The van der Waals surface area contributed by atoms with Gasteiger partial charge in [-0.25, -0.2) is 4.98 Å². The van der Waals surface area contributed by atoms with Crippen molar-refractivity contribution >= 4 is 34.5 Å². The Kier molecular flexibility index (Phi) is 6.39. The molecule has 150 valence electrons. The lowest BCUT2D eigenvalue weighted by molar-refractivity contribution is -0.132. The lowest BCUT2D eigenvalue weighted by atomic mass is 9.97. The number of thioether (sulfide) groups is 1. The number of primary amides is 1. The highest BCUT2D eigenvalue weighted by Gasteiger charge is 2.27. The molecule has 1 aromatic heterocycles. The summed E-state index contributed by atoms with van der Waals surface area (Å²) in [7, 11) is 0. The van der Waals surface area contributed by atoms with E-state index in [-0.39, 0.29) is 35.1 Å². The summed E-state index contributed by atoms with van der Waals surface area (Å²) < 4.78 is 1.68. The standard InChI is InChI=1S/C20H26N4O3S/c1-3-13(2)24-19(27)15-8-4-5-9-16(15)22-20(24)28-12-17(25)23-10-6-7-14(11-23)18(21)26/h4-5,8-9,13-14H,3,6-7,10-12H2,1-2H3,(H2,21,26)/t13-,14-/m1/s1. The zero-order chi connectivity index (χ0) is 20.3. The molecular formula is C20H26N4O3S. The van der Waals surface area contributed by atoms with Crippen molar-refractivity contribution in [1.82, 2.24) is 14.5 Å². The fourth-order valence-electron chi connectivity index (χ4n) is 3.45. The van der Waals surface area contributed by atoms with Crippen LogP contribution in [0.2, 0.25) is 0 Å². The molecule has 2 atom stereocenters. The number of likely N-dealkylation sites (tertiary alicyclic amines) is 1. The number of piperidine rings is 1. The molecule has 1 saturated heterocycles. The van der Waals surface area contributed by atoms with Gasteiger partial charge in [-0.15, -0.1) is 0 Å². The van der Waals surface area contributed by atoms with Crippen LogP contribution >= 0.6 is 11.8 Å². The third kappa shape index (κ3) is 4.22. The molecule has 28 heavy (non-hydrogen) atoms. The van der Waals surface area contributed by atoms with Gasteiger partial charge >= 0.3 is 0 Å². The first-order chi connectivity index (χ1) is 13.4. The van der Waals surface area contributed by atoms with E-state index < -0.39 is 0 Å². The smallest absolute Gasteiger partial charge is 0.262 e. The highest BCUT2D eigenvalue weighted by molar-refractivity contribution is 7.99. The summed E-state index contributed by atoms with van der Waals surface area (Å²) in [6.07, 6.45) is 2.29. The maximum Gasteiger partial charge on any atom is 0.262 e. The van der Waals surface area contributed by atoms with Gasteiger partial charge in [0.2, 0.25) is 11.8 Å². The lowest BCUT2D eigenvalue weighted by Gasteiger charge is -2.31. The Labute approximate surface area is 168 Å². The summed E-state index contributed by atoms with van der Waals surface area (Å²) in [6, 6.07) is 7.25. The first-order valence-corrected chi connectivity index (χ1v) is 10.6. The maximum atomic E-state index is 13.0. The van der Waals surface area contributed by atoms with Gasteiger partial charge in [-0.1, -0.05) is 30.8 Å². The predicted octanol–water partition coefficient (Wildman–Crippen LogP) is 2.18. The van der Waals surface area contributed by atoms with Gasteiger partial charge in [0.1, 0.15) is 0 Å². The molecule has 8 heteroatoms. The summed E-state index contributed by atoms with van der Waals surface area (Å²) in [5.74, 6) is -0.520. The lowest BCUT2D eigenvalue weighted by Crippen LogP contribution is -2.44. The van der Waals surface area contributed by atoms with Gasteiger partial charge in [-0.2, -0.15) is 0 Å². The largest absolute Gasteiger partial charge is 0.369 e. The van der Waals surface area contributed by atoms with Crippen molar-refractivity contribution < 1.29 is 9.59 Å². The molecule has 1 fully saturated rings. The average molecular weight is 403 g/mol. The van der Waals surface area contributed by atoms with E-state index in [1.165, 1.54) is 11.8 Å². The molecule has 0 radical (unpaired) electrons. The van der Waals surface area contributed by atoms with Gasteiger partial charge in [-0.05, 0) is 38.3 Å². The van der Waals surface area contributed by atoms with Crippen LogP contribution in [0.25, 0.3) is 10.9 Å². The summed E-state index contributed by atoms with van der Waals surface area (Å²) in [5, 5.41) is 1.13. The number of benzene rings is 1. The maximum absolute atomic E-state index is 13.0. The van der Waals surface area contributed by atoms with E-state index in [1.807, 2.05) is 32.0 Å². The Bertz CT molecular complexity index is 943. The number of para-hydroxylation sites is 1. The zero-order valence-corrected chi connectivity index (χ0v) is 17.1. The number of nitrogens with zero attached hydrogens (tertiary/aromatic N) is 3. The summed E-state index contributed by atoms with van der Waals surface area (Å²) in [6.45, 7) is 5.00. The topological polar surface area (TPSA) is 98.3 Å². The Morgan fingerprint density at radius 1 is 1.36 bits per heavy atom. The van der Waals surface area contributed by atoms with Crippen molar-refractivity contribution in [2.45, 2.75) is 44.3 Å². The third-order valence-electron chi connectivity index (χ3n) is 5.31. The molecule has 1 aliphatic rings. The van der Waals surface area contributed by atoms with Crippen LogP contribution in [0.3, 0.4) is 0 Å². The normalized spacial score (nSPS) is 18.2. The van der Waals surface area contributed by atoms with Crippen LogP contribution in [0.4, 0.5) is 0 Å². The summed E-state index contributed by atoms with van der Waals surface area (Å²) in [5.41, 5.74) is 5.95. The van der Waals surface area contributed by atoms with E-state index in [2.05, 4.69) is 4.98 Å². The first kappa shape index (κ1) is 20.4. The number of rotatable bonds is 6. The van der Waals surface area contributed by atoms with E-state index in [4.69, 9.17) is 5.73 Å². The van der Waals surface area contributed by atoms with Gasteiger partial charge in [0, 0.05) is 19.1 Å². The second-order valence-electron chi connectivity index (χ2n) is 7.21. The Hall–Kier alpha value is -2.35. The van der Waals surface area contributed by atoms with Crippen LogP contribution in [-0.4, -0.2) is 45.1 Å². The average Bonchev–Trinajstić information content (AvgIpc) is 2.71. The van der Waals surface area contributed by atoms with Crippen LogP contribution in [-0.2, 0) is 9.59 Å². The minimum atomic E-state index is -0.355. The molecule has 2 heterocycles. The van der Waals surface area contributed by atoms with Crippen LogP contribution in [0, 0.1) is 5.92 Å². The van der Waals surface area contributed by atoms with Crippen molar-refractivity contribution in [3.63, 3.8) is 0 Å². The predicted molar refractivity (Wildman–Crippen MR) is 110 cm³/mol. The van der Waals surface area contributed by atoms with Crippen molar-refractivity contribution in [2.24, 2.45) is 11.7 Å². The second-order valence-corrected chi connectivity index (χ2v) is 8.16. The molecule has 0 bridgehead atoms. The number of carbonyl (C=O) groups is 2. The first-order valence-electron chi connectivity index (χ1n) is 9.63. The van der Waals surface area contributed by atoms with Crippen LogP contribution in [0.1, 0.15) is 39.2 Å². The molecule has 0 spiro atoms. The molecule has 1 aliphatic heterocycles. The Morgan fingerprint density at radius 3 is 2.82 bits per heavy atom. The number of fused-ring (bicyclic) bond motifs is 1. The molecule has 0 aliphatic carbocycles. The second kappa shape index (κ2) is 8.77. The minimum Gasteiger partial charge on any atom is -0.369 e. The van der Waals surface area contributed by atoms with Crippen molar-refractivity contribution in [1.29, 1.82) is 0 Å². The van der Waals surface area contributed by atoms with E-state index in [0.29, 0.717) is 29.1 Å². The molecule has 2 amide bonds. The van der Waals surface area contributed by atoms with Gasteiger partial charge in [-0.3, -0.25) is 19.0 Å². The fourth-order valence-corrected chi connectivity index (χ4v) is 4.45. The minimum absolute atomic E-state index is 0.0172. The van der Waals surface area contributed by atoms with E-state index in [9.17, 15) is 14.4 Å². The number of amides is 2. The van der Waals surface area contributed by atoms with E-state index in [1.54, 1.807) is 15.5 Å². The molecule has 0 saturated carbocycles. The quantitative estimate of drug-likeness (QED) is 0.590. The molecule has 2 N–H and O–H groups in total. The zero-order valence-electron chi connectivity index (χ0n) is 16.3. The molecular weight excluding hydrogens is 376 g/mol. The Balaban J connectivity index is 1.82. The van der Waals surface area contributed by atoms with Gasteiger partial charge in [0.15, 0.2) is 5.16 Å². The van der Waals surface area contributed by atoms with Crippen molar-refractivity contribution in [3.8, 4) is 0 Å². The van der Waals surface area contributed by atoms with Crippen LogP contribution in [0.5, 0.6) is 0 Å². The van der Waals surface area contributed by atoms with Crippen LogP contribution in [0.15, 0.2) is 34.2 Å². The number of hydrogen-bond acceptors (Lipinski definition) is 5. The Morgan fingerprint density at radius 2 is 2.11 bits per heavy atom. The van der Waals surface area contributed by atoms with Crippen molar-refractivity contribution in [2.75, 3.05) is 18.8 Å². The van der Waals surface area contributed by atoms with Crippen molar-refractivity contribution in [3.05, 3.63) is 34.6 Å². The number of nitrogens with two attached hydrogens (primary N) is 1. The molecule has 7 nitrogen and oxygen atoms in total. The van der Waals surface area contributed by atoms with Gasteiger partial charge < -0.3 is 10.6 Å². The summed E-state index contributed by atoms with van der Waals surface area (Å²) in [4.78, 5) is 43.4. The SMILES string of the molecule is CC[C@@H](C)n1c(SCC(=O)N2CCC[C@@H](C(N)=O)C2)nc2ccccc2c1=O. The number of carbonyl (C=O) groups excluding carboxylic acids is 2. The van der Waals surface area contributed by atoms with Gasteiger partial charge in [0.05, 0.1) is 22.6 Å². The number of aromatic nitrogens is 2. The third-order valence-corrected chi connectivity index (χ3v) is 6.25. The highest BCUT2D eigenvalue weighted by atomic mass is 32.2. The van der Waals surface area contributed by atoms with E-state index in [0.717, 1.165) is 19.3 Å².